The van der Waals surface area contributed by atoms with E-state index in [4.69, 9.17) is 14.2 Å². The number of nitrogens with zero attached hydrogens (tertiary/aromatic N) is 3. The summed E-state index contributed by atoms with van der Waals surface area (Å²) in [5, 5.41) is 9.70. The molecule has 1 amide bonds. The Morgan fingerprint density at radius 3 is 2.65 bits per heavy atom. The first-order chi connectivity index (χ1) is 23.7. The highest BCUT2D eigenvalue weighted by Gasteiger charge is 2.51. The second-order valence-electron chi connectivity index (χ2n) is 14.2. The van der Waals surface area contributed by atoms with E-state index in [1.54, 1.807) is 17.6 Å². The van der Waals surface area contributed by atoms with E-state index in [1.807, 2.05) is 13.0 Å². The SMILES string of the molecule is CCOc1nc2[nH]cc(F)c2cc1Oc1cc(N2CCC3(CC2)CC(N2[C@H](C)COC[C@H]2c2ccccc2C(C)C)C3)ccc1C(=O)NO. The number of aromatic nitrogens is 2. The maximum atomic E-state index is 14.5. The Morgan fingerprint density at radius 2 is 1.92 bits per heavy atom. The topological polar surface area (TPSA) is 112 Å². The number of hydrogen-bond donors (Lipinski definition) is 3. The van der Waals surface area contributed by atoms with Crippen molar-refractivity contribution in [2.75, 3.05) is 37.8 Å². The molecule has 1 aliphatic carbocycles. The molecule has 11 heteroatoms. The highest BCUT2D eigenvalue weighted by Crippen LogP contribution is 2.54. The highest BCUT2D eigenvalue weighted by atomic mass is 19.1. The molecule has 0 bridgehead atoms. The quantitative estimate of drug-likeness (QED) is 0.125. The van der Waals surface area contributed by atoms with Crippen LogP contribution in [0.3, 0.4) is 0 Å². The van der Waals surface area contributed by atoms with Crippen LogP contribution in [0.2, 0.25) is 0 Å². The van der Waals surface area contributed by atoms with E-state index >= 15 is 0 Å². The molecule has 2 aliphatic heterocycles. The molecule has 3 fully saturated rings. The largest absolute Gasteiger partial charge is 0.475 e. The minimum atomic E-state index is -0.717. The number of pyridine rings is 1. The maximum absolute atomic E-state index is 14.5. The molecule has 2 aromatic heterocycles. The van der Waals surface area contributed by atoms with Crippen LogP contribution in [0.15, 0.2) is 54.7 Å². The number of morpholine rings is 1. The number of ether oxygens (including phenoxy) is 3. The van der Waals surface area contributed by atoms with E-state index in [1.165, 1.54) is 36.2 Å². The lowest BCUT2D eigenvalue weighted by atomic mass is 9.59. The Labute approximate surface area is 286 Å². The molecule has 4 aromatic rings. The van der Waals surface area contributed by atoms with Crippen molar-refractivity contribution in [1.29, 1.82) is 0 Å². The predicted molar refractivity (Wildman–Crippen MR) is 185 cm³/mol. The van der Waals surface area contributed by atoms with Crippen molar-refractivity contribution < 1.29 is 28.6 Å². The lowest BCUT2D eigenvalue weighted by Gasteiger charge is -2.59. The van der Waals surface area contributed by atoms with Gasteiger partial charge in [-0.15, -0.1) is 0 Å². The van der Waals surface area contributed by atoms with Gasteiger partial charge in [-0.05, 0) is 74.1 Å². The van der Waals surface area contributed by atoms with Crippen LogP contribution in [0, 0.1) is 11.2 Å². The number of aromatic amines is 1. The number of amides is 1. The molecule has 260 valence electrons. The third-order valence-electron chi connectivity index (χ3n) is 10.8. The average Bonchev–Trinajstić information content (AvgIpc) is 3.45. The number of nitrogens with one attached hydrogen (secondary N) is 2. The van der Waals surface area contributed by atoms with Crippen LogP contribution in [0.4, 0.5) is 10.1 Å². The maximum Gasteiger partial charge on any atom is 0.278 e. The highest BCUT2D eigenvalue weighted by molar-refractivity contribution is 5.97. The summed E-state index contributed by atoms with van der Waals surface area (Å²) < 4.78 is 32.5. The fraction of sp³-hybridized carbons (Fsp3) is 0.474. The van der Waals surface area contributed by atoms with E-state index in [0.717, 1.165) is 44.8 Å². The van der Waals surface area contributed by atoms with Gasteiger partial charge in [0.1, 0.15) is 17.2 Å². The van der Waals surface area contributed by atoms with Gasteiger partial charge in [0.05, 0.1) is 36.8 Å². The molecule has 4 heterocycles. The van der Waals surface area contributed by atoms with Crippen molar-refractivity contribution in [3.05, 3.63) is 77.2 Å². The summed E-state index contributed by atoms with van der Waals surface area (Å²) in [5.41, 5.74) is 6.19. The smallest absolute Gasteiger partial charge is 0.278 e. The van der Waals surface area contributed by atoms with E-state index in [0.29, 0.717) is 35.7 Å². The van der Waals surface area contributed by atoms with Gasteiger partial charge >= 0.3 is 0 Å². The van der Waals surface area contributed by atoms with Crippen LogP contribution in [-0.4, -0.2) is 71.0 Å². The summed E-state index contributed by atoms with van der Waals surface area (Å²) in [5.74, 6) is -0.189. The molecule has 2 aromatic carbocycles. The van der Waals surface area contributed by atoms with Crippen LogP contribution < -0.4 is 19.9 Å². The standard InChI is InChI=1S/C38H46FN5O5/c1-5-48-37-34(17-30-31(39)20-40-35(30)41-37)49-33-16-25(10-11-29(33)36(45)42-46)43-14-12-38(13-15-43)18-26(19-38)44-24(4)21-47-22-32(44)28-9-7-6-8-27(28)23(2)3/h6-11,16-17,20,23-24,26,32,46H,5,12-15,18-19,21-22H2,1-4H3,(H,40,41)(H,42,45)/t24-,32+/m1/s1. The zero-order chi connectivity index (χ0) is 34.3. The Kier molecular flexibility index (Phi) is 9.25. The second-order valence-corrected chi connectivity index (χ2v) is 14.2. The van der Waals surface area contributed by atoms with E-state index in [-0.39, 0.29) is 34.4 Å². The fourth-order valence-corrected chi connectivity index (χ4v) is 8.28. The molecular weight excluding hydrogens is 625 g/mol. The first-order valence-electron chi connectivity index (χ1n) is 17.5. The number of benzene rings is 2. The molecule has 1 spiro atoms. The van der Waals surface area contributed by atoms with Crippen molar-refractivity contribution in [3.8, 4) is 17.4 Å². The molecular formula is C38H46FN5O5. The van der Waals surface area contributed by atoms with Crippen molar-refractivity contribution in [3.63, 3.8) is 0 Å². The fourth-order valence-electron chi connectivity index (χ4n) is 8.28. The first kappa shape index (κ1) is 33.3. The number of rotatable bonds is 9. The van der Waals surface area contributed by atoms with Gasteiger partial charge in [-0.3, -0.25) is 14.9 Å². The van der Waals surface area contributed by atoms with Crippen LogP contribution in [-0.2, 0) is 4.74 Å². The number of hydroxylamine groups is 1. The van der Waals surface area contributed by atoms with Gasteiger partial charge in [0.2, 0.25) is 0 Å². The van der Waals surface area contributed by atoms with Crippen LogP contribution in [0.5, 0.6) is 17.4 Å². The molecule has 7 rings (SSSR count). The molecule has 0 radical (unpaired) electrons. The molecule has 10 nitrogen and oxygen atoms in total. The molecule has 1 saturated carbocycles. The van der Waals surface area contributed by atoms with Gasteiger partial charge in [-0.1, -0.05) is 38.1 Å². The summed E-state index contributed by atoms with van der Waals surface area (Å²) in [6.07, 6.45) is 5.74. The summed E-state index contributed by atoms with van der Waals surface area (Å²) >= 11 is 0. The van der Waals surface area contributed by atoms with E-state index < -0.39 is 11.7 Å². The van der Waals surface area contributed by atoms with Gasteiger partial charge in [0, 0.05) is 49.2 Å². The third kappa shape index (κ3) is 6.35. The van der Waals surface area contributed by atoms with Crippen LogP contribution in [0.25, 0.3) is 11.0 Å². The predicted octanol–water partition coefficient (Wildman–Crippen LogP) is 7.35. The number of hydrogen-bond acceptors (Lipinski definition) is 8. The molecule has 2 atom stereocenters. The summed E-state index contributed by atoms with van der Waals surface area (Å²) in [6, 6.07) is 16.8. The molecule has 0 unspecified atom stereocenters. The van der Waals surface area contributed by atoms with E-state index in [9.17, 15) is 14.4 Å². The van der Waals surface area contributed by atoms with Crippen LogP contribution >= 0.6 is 0 Å². The van der Waals surface area contributed by atoms with Gasteiger partial charge in [-0.25, -0.2) is 9.87 Å². The van der Waals surface area contributed by atoms with Crippen molar-refractivity contribution in [2.45, 2.75) is 77.4 Å². The number of anilines is 1. The van der Waals surface area contributed by atoms with Crippen LogP contribution in [0.1, 0.15) is 86.8 Å². The monoisotopic (exact) mass is 671 g/mol. The summed E-state index contributed by atoms with van der Waals surface area (Å²) in [6.45, 7) is 12.2. The summed E-state index contributed by atoms with van der Waals surface area (Å²) in [7, 11) is 0. The second kappa shape index (κ2) is 13.6. The van der Waals surface area contributed by atoms with Crippen molar-refractivity contribution >= 4 is 22.6 Å². The Balaban J connectivity index is 1.07. The zero-order valence-corrected chi connectivity index (χ0v) is 28.7. The number of carbonyl (C=O) groups is 1. The normalized spacial score (nSPS) is 21.2. The molecule has 2 saturated heterocycles. The van der Waals surface area contributed by atoms with Crippen molar-refractivity contribution in [1.82, 2.24) is 20.3 Å². The minimum absolute atomic E-state index is 0.131. The third-order valence-corrected chi connectivity index (χ3v) is 10.8. The number of fused-ring (bicyclic) bond motifs is 1. The van der Waals surface area contributed by atoms with Crippen molar-refractivity contribution in [2.24, 2.45) is 5.41 Å². The van der Waals surface area contributed by atoms with Gasteiger partial charge < -0.3 is 24.1 Å². The van der Waals surface area contributed by atoms with Gasteiger partial charge in [0.15, 0.2) is 5.75 Å². The number of carbonyl (C=O) groups excluding carboxylic acids is 1. The Bertz CT molecular complexity index is 1810. The zero-order valence-electron chi connectivity index (χ0n) is 28.7. The van der Waals surface area contributed by atoms with E-state index in [2.05, 4.69) is 64.8 Å². The number of halogens is 1. The summed E-state index contributed by atoms with van der Waals surface area (Å²) in [4.78, 5) is 24.9. The lowest BCUT2D eigenvalue weighted by molar-refractivity contribution is -0.118. The molecule has 49 heavy (non-hydrogen) atoms. The average molecular weight is 672 g/mol. The Morgan fingerprint density at radius 1 is 1.14 bits per heavy atom. The van der Waals surface area contributed by atoms with Gasteiger partial charge in [-0.2, -0.15) is 4.98 Å². The lowest BCUT2D eigenvalue weighted by Crippen LogP contribution is -2.60. The number of H-pyrrole nitrogens is 1. The minimum Gasteiger partial charge on any atom is -0.475 e. The van der Waals surface area contributed by atoms with Gasteiger partial charge in [0.25, 0.3) is 11.8 Å². The molecule has 3 aliphatic rings. The first-order valence-corrected chi connectivity index (χ1v) is 17.5. The number of piperidine rings is 1. The molecule has 3 N–H and O–H groups in total. The Hall–Kier alpha value is -4.19.